The highest BCUT2D eigenvalue weighted by atomic mass is 16.5. The van der Waals surface area contributed by atoms with Gasteiger partial charge in [0, 0.05) is 0 Å². The third kappa shape index (κ3) is 3.92. The number of aromatic carboxylic acids is 1. The van der Waals surface area contributed by atoms with Gasteiger partial charge in [0.1, 0.15) is 5.75 Å². The van der Waals surface area contributed by atoms with Crippen molar-refractivity contribution in [3.63, 3.8) is 0 Å². The first kappa shape index (κ1) is 16.6. The number of fused-ring (bicyclic) bond motifs is 1. The van der Waals surface area contributed by atoms with Crippen LogP contribution in [0.3, 0.4) is 0 Å². The molecule has 0 bridgehead atoms. The van der Waals surface area contributed by atoms with Gasteiger partial charge in [-0.15, -0.1) is 0 Å². The van der Waals surface area contributed by atoms with E-state index in [0.29, 0.717) is 5.56 Å². The quantitative estimate of drug-likeness (QED) is 0.532. The van der Waals surface area contributed by atoms with Crippen LogP contribution in [0.4, 0.5) is 4.79 Å². The van der Waals surface area contributed by atoms with E-state index in [0.717, 1.165) is 0 Å². The number of nitrogens with one attached hydrogen (secondary N) is 2. The van der Waals surface area contributed by atoms with Crippen LogP contribution in [0.25, 0.3) is 0 Å². The highest BCUT2D eigenvalue weighted by Gasteiger charge is 2.37. The molecule has 4 N–H and O–H groups in total. The molecule has 122 valence electrons. The molecule has 0 aromatic heterocycles. The number of carboxylic acids is 1. The zero-order valence-electron chi connectivity index (χ0n) is 12.2. The normalized spacial score (nSPS) is 15.9. The fourth-order valence-corrected chi connectivity index (χ4v) is 2.20. The monoisotopic (exact) mass is 322 g/mol. The van der Waals surface area contributed by atoms with Gasteiger partial charge in [-0.3, -0.25) is 4.79 Å². The number of para-hydroxylation sites is 1. The molecule has 1 aromatic carbocycles. The number of hydrogen-bond donors (Lipinski definition) is 4. The van der Waals surface area contributed by atoms with E-state index in [-0.39, 0.29) is 24.3 Å². The molecule has 0 aliphatic carbocycles. The van der Waals surface area contributed by atoms with Crippen LogP contribution in [0, 0.1) is 0 Å². The number of amides is 2. The Bertz CT molecular complexity index is 637. The molecule has 1 aliphatic rings. The molecule has 2 amide bonds. The van der Waals surface area contributed by atoms with Crippen molar-refractivity contribution in [3.05, 3.63) is 29.3 Å². The summed E-state index contributed by atoms with van der Waals surface area (Å²) < 4.78 is 9.57. The van der Waals surface area contributed by atoms with Crippen LogP contribution in [0.5, 0.6) is 5.75 Å². The third-order valence-corrected chi connectivity index (χ3v) is 3.27. The van der Waals surface area contributed by atoms with E-state index >= 15 is 0 Å². The number of alkyl carbamates (subject to hydrolysis) is 1. The Morgan fingerprint density at radius 2 is 2.17 bits per heavy atom. The van der Waals surface area contributed by atoms with Crippen LogP contribution in [0.2, 0.25) is 0 Å². The highest BCUT2D eigenvalue weighted by molar-refractivity contribution is 6.47. The number of carboxylic acid groups (broad SMARTS) is 1. The molecule has 23 heavy (non-hydrogen) atoms. The maximum atomic E-state index is 11.7. The maximum absolute atomic E-state index is 11.7. The van der Waals surface area contributed by atoms with Gasteiger partial charge in [-0.2, -0.15) is 0 Å². The van der Waals surface area contributed by atoms with Crippen LogP contribution in [-0.4, -0.2) is 54.8 Å². The van der Waals surface area contributed by atoms with Crippen molar-refractivity contribution >= 4 is 25.1 Å². The predicted molar refractivity (Wildman–Crippen MR) is 78.0 cm³/mol. The Morgan fingerprint density at radius 1 is 1.43 bits per heavy atom. The molecule has 9 nitrogen and oxygen atoms in total. The van der Waals surface area contributed by atoms with E-state index in [9.17, 15) is 19.4 Å². The first-order chi connectivity index (χ1) is 10.9. The SMILES string of the molecule is COC(=O)NCC(=O)NC1Cc2cccc(C(=O)O)c2OB1O. The number of rotatable bonds is 4. The largest absolute Gasteiger partial charge is 0.547 e. The minimum absolute atomic E-state index is 0.0568. The smallest absolute Gasteiger partial charge is 0.534 e. The van der Waals surface area contributed by atoms with E-state index in [2.05, 4.69) is 15.4 Å². The van der Waals surface area contributed by atoms with Crippen LogP contribution in [-0.2, 0) is 16.0 Å². The van der Waals surface area contributed by atoms with Crippen molar-refractivity contribution in [1.29, 1.82) is 0 Å². The Labute approximate surface area is 131 Å². The van der Waals surface area contributed by atoms with Gasteiger partial charge in [0.15, 0.2) is 0 Å². The Kier molecular flexibility index (Phi) is 5.07. The van der Waals surface area contributed by atoms with Crippen LogP contribution < -0.4 is 15.3 Å². The van der Waals surface area contributed by atoms with Crippen molar-refractivity contribution in [1.82, 2.24) is 10.6 Å². The molecule has 2 rings (SSSR count). The van der Waals surface area contributed by atoms with Crippen molar-refractivity contribution < 1.29 is 33.9 Å². The van der Waals surface area contributed by atoms with Gasteiger partial charge >= 0.3 is 19.2 Å². The zero-order chi connectivity index (χ0) is 17.0. The molecule has 0 saturated heterocycles. The van der Waals surface area contributed by atoms with E-state index in [4.69, 9.17) is 9.76 Å². The van der Waals surface area contributed by atoms with Crippen molar-refractivity contribution in [2.45, 2.75) is 12.4 Å². The molecule has 1 unspecified atom stereocenters. The second kappa shape index (κ2) is 7.01. The summed E-state index contributed by atoms with van der Waals surface area (Å²) in [6, 6.07) is 4.58. The zero-order valence-corrected chi connectivity index (χ0v) is 12.2. The lowest BCUT2D eigenvalue weighted by atomic mass is 9.72. The molecule has 0 spiro atoms. The third-order valence-electron chi connectivity index (χ3n) is 3.27. The van der Waals surface area contributed by atoms with Gasteiger partial charge in [0.2, 0.25) is 5.91 Å². The summed E-state index contributed by atoms with van der Waals surface area (Å²) in [5.41, 5.74) is 0.500. The average Bonchev–Trinajstić information content (AvgIpc) is 2.52. The first-order valence-corrected chi connectivity index (χ1v) is 6.73. The average molecular weight is 322 g/mol. The molecule has 1 atom stereocenters. The van der Waals surface area contributed by atoms with Crippen LogP contribution >= 0.6 is 0 Å². The molecule has 0 fully saturated rings. The molecule has 0 radical (unpaired) electrons. The summed E-state index contributed by atoms with van der Waals surface area (Å²) in [4.78, 5) is 33.7. The summed E-state index contributed by atoms with van der Waals surface area (Å²) in [6.07, 6.45) is -0.557. The van der Waals surface area contributed by atoms with E-state index in [1.165, 1.54) is 13.2 Å². The Morgan fingerprint density at radius 3 is 2.83 bits per heavy atom. The number of hydrogen-bond acceptors (Lipinski definition) is 6. The summed E-state index contributed by atoms with van der Waals surface area (Å²) in [5.74, 6) is -2.39. The second-order valence-corrected chi connectivity index (χ2v) is 4.83. The second-order valence-electron chi connectivity index (χ2n) is 4.83. The summed E-state index contributed by atoms with van der Waals surface area (Å²) in [6.45, 7) is -0.322. The van der Waals surface area contributed by atoms with Gasteiger partial charge in [-0.05, 0) is 18.1 Å². The van der Waals surface area contributed by atoms with Gasteiger partial charge < -0.3 is 30.2 Å². The lowest BCUT2D eigenvalue weighted by Gasteiger charge is -2.28. The van der Waals surface area contributed by atoms with Gasteiger partial charge in [0.25, 0.3) is 0 Å². The topological polar surface area (TPSA) is 134 Å². The van der Waals surface area contributed by atoms with E-state index in [1.807, 2.05) is 0 Å². The molecular weight excluding hydrogens is 307 g/mol. The van der Waals surface area contributed by atoms with Gasteiger partial charge in [-0.25, -0.2) is 9.59 Å². The minimum Gasteiger partial charge on any atom is -0.534 e. The Hall–Kier alpha value is -2.75. The molecule has 1 aromatic rings. The standard InChI is InChI=1S/C13H15BN2O7/c1-22-13(20)15-6-10(17)16-9-5-7-3-2-4-8(12(18)19)11(7)23-14(9)21/h2-4,9,21H,5-6H2,1H3,(H,15,20)(H,16,17)(H,18,19). The summed E-state index contributed by atoms with van der Waals surface area (Å²) >= 11 is 0. The predicted octanol–water partition coefficient (Wildman–Crippen LogP) is -0.820. The summed E-state index contributed by atoms with van der Waals surface area (Å²) in [7, 11) is -0.228. The molecule has 1 heterocycles. The Balaban J connectivity index is 2.04. The van der Waals surface area contributed by atoms with E-state index < -0.39 is 31.0 Å². The van der Waals surface area contributed by atoms with Crippen molar-refractivity contribution in [3.8, 4) is 5.75 Å². The number of ether oxygens (including phenoxy) is 1. The number of methoxy groups -OCH3 is 1. The maximum Gasteiger partial charge on any atom is 0.547 e. The van der Waals surface area contributed by atoms with Gasteiger partial charge in [-0.1, -0.05) is 12.1 Å². The lowest BCUT2D eigenvalue weighted by Crippen LogP contribution is -2.54. The minimum atomic E-state index is -1.40. The fourth-order valence-electron chi connectivity index (χ4n) is 2.20. The fraction of sp³-hybridized carbons (Fsp3) is 0.308. The lowest BCUT2D eigenvalue weighted by molar-refractivity contribution is -0.120. The van der Waals surface area contributed by atoms with Crippen LogP contribution in [0.1, 0.15) is 15.9 Å². The number of carbonyl (C=O) groups excluding carboxylic acids is 2. The number of benzene rings is 1. The van der Waals surface area contributed by atoms with Gasteiger partial charge in [0.05, 0.1) is 25.2 Å². The summed E-state index contributed by atoms with van der Waals surface area (Å²) in [5, 5.41) is 23.8. The highest BCUT2D eigenvalue weighted by Crippen LogP contribution is 2.29. The van der Waals surface area contributed by atoms with Crippen LogP contribution in [0.15, 0.2) is 18.2 Å². The number of carbonyl (C=O) groups is 3. The molecular formula is C13H15BN2O7. The molecule has 10 heteroatoms. The van der Waals surface area contributed by atoms with Crippen molar-refractivity contribution in [2.24, 2.45) is 0 Å². The van der Waals surface area contributed by atoms with Crippen molar-refractivity contribution in [2.75, 3.05) is 13.7 Å². The van der Waals surface area contributed by atoms with E-state index in [1.54, 1.807) is 12.1 Å². The molecule has 0 saturated carbocycles. The first-order valence-electron chi connectivity index (χ1n) is 6.73. The molecule has 1 aliphatic heterocycles.